The fourth-order valence-corrected chi connectivity index (χ4v) is 3.47. The number of nitrogens with zero attached hydrogens (tertiary/aromatic N) is 1. The van der Waals surface area contributed by atoms with Crippen molar-refractivity contribution >= 4 is 29.4 Å². The van der Waals surface area contributed by atoms with E-state index in [0.29, 0.717) is 18.7 Å². The molecule has 10 heteroatoms. The summed E-state index contributed by atoms with van der Waals surface area (Å²) >= 11 is 1.30. The minimum atomic E-state index is -0.795. The van der Waals surface area contributed by atoms with Crippen LogP contribution in [0.1, 0.15) is 25.8 Å². The molecule has 0 heterocycles. The van der Waals surface area contributed by atoms with Crippen LogP contribution in [0, 0.1) is 10.1 Å². The number of nitro groups is 1. The third kappa shape index (κ3) is 9.25. The largest absolute Gasteiger partial charge is 0.493 e. The Balaban J connectivity index is 1.74. The van der Waals surface area contributed by atoms with Crippen molar-refractivity contribution in [3.63, 3.8) is 0 Å². The molecule has 0 aliphatic rings. The second-order valence-corrected chi connectivity index (χ2v) is 8.70. The normalized spacial score (nSPS) is 11.5. The SMILES string of the molecule is CC(C)SC(NC(=O)OCc1ccccc1)C(=O)NCCCOc1cccc([N+](=O)[O-])c1. The van der Waals surface area contributed by atoms with Crippen LogP contribution in [-0.2, 0) is 16.1 Å². The van der Waals surface area contributed by atoms with E-state index >= 15 is 0 Å². The highest BCUT2D eigenvalue weighted by Crippen LogP contribution is 2.19. The molecule has 0 spiro atoms. The average molecular weight is 462 g/mol. The van der Waals surface area contributed by atoms with Gasteiger partial charge in [-0.3, -0.25) is 14.9 Å². The minimum absolute atomic E-state index is 0.0467. The maximum absolute atomic E-state index is 12.5. The number of alkyl carbamates (subject to hydrolysis) is 1. The summed E-state index contributed by atoms with van der Waals surface area (Å²) in [7, 11) is 0. The number of hydrogen-bond acceptors (Lipinski definition) is 7. The highest BCUT2D eigenvalue weighted by atomic mass is 32.2. The van der Waals surface area contributed by atoms with Crippen molar-refractivity contribution in [3.8, 4) is 5.75 Å². The van der Waals surface area contributed by atoms with Gasteiger partial charge in [-0.25, -0.2) is 4.79 Å². The molecule has 2 amide bonds. The molecule has 0 aliphatic carbocycles. The molecular weight excluding hydrogens is 434 g/mol. The molecule has 1 atom stereocenters. The van der Waals surface area contributed by atoms with Gasteiger partial charge in [0.25, 0.3) is 11.6 Å². The molecule has 0 aromatic heterocycles. The first-order valence-corrected chi connectivity index (χ1v) is 11.1. The summed E-state index contributed by atoms with van der Waals surface area (Å²) in [6.07, 6.45) is -0.178. The zero-order valence-corrected chi connectivity index (χ0v) is 18.8. The summed E-state index contributed by atoms with van der Waals surface area (Å²) in [6.45, 7) is 4.56. The lowest BCUT2D eigenvalue weighted by Gasteiger charge is -2.19. The third-order valence-corrected chi connectivity index (χ3v) is 5.17. The maximum Gasteiger partial charge on any atom is 0.408 e. The van der Waals surface area contributed by atoms with E-state index in [1.807, 2.05) is 44.2 Å². The monoisotopic (exact) mass is 461 g/mol. The van der Waals surface area contributed by atoms with E-state index in [-0.39, 0.29) is 30.1 Å². The zero-order chi connectivity index (χ0) is 23.3. The summed E-state index contributed by atoms with van der Waals surface area (Å²) in [5.41, 5.74) is 0.804. The summed E-state index contributed by atoms with van der Waals surface area (Å²) in [5, 5.41) is 15.5. The molecule has 0 fully saturated rings. The number of hydrogen-bond donors (Lipinski definition) is 2. The highest BCUT2D eigenvalue weighted by molar-refractivity contribution is 8.01. The fraction of sp³-hybridized carbons (Fsp3) is 0.364. The van der Waals surface area contributed by atoms with Crippen LogP contribution < -0.4 is 15.4 Å². The van der Waals surface area contributed by atoms with E-state index in [0.717, 1.165) is 5.56 Å². The Kier molecular flexibility index (Phi) is 10.3. The van der Waals surface area contributed by atoms with Gasteiger partial charge in [0.1, 0.15) is 12.4 Å². The number of ether oxygens (including phenoxy) is 2. The molecule has 1 unspecified atom stereocenters. The molecule has 2 N–H and O–H groups in total. The van der Waals surface area contributed by atoms with Gasteiger partial charge >= 0.3 is 6.09 Å². The second-order valence-electron chi connectivity index (χ2n) is 7.02. The highest BCUT2D eigenvalue weighted by Gasteiger charge is 2.23. The first-order chi connectivity index (χ1) is 15.3. The molecule has 32 heavy (non-hydrogen) atoms. The van der Waals surface area contributed by atoms with Gasteiger partial charge in [0.15, 0.2) is 5.37 Å². The molecule has 2 aromatic rings. The van der Waals surface area contributed by atoms with E-state index in [1.165, 1.54) is 23.9 Å². The number of nitro benzene ring substituents is 1. The summed E-state index contributed by atoms with van der Waals surface area (Å²) in [4.78, 5) is 35.0. The molecule has 2 aromatic carbocycles. The van der Waals surface area contributed by atoms with Gasteiger partial charge in [0.05, 0.1) is 17.6 Å². The van der Waals surface area contributed by atoms with Crippen LogP contribution in [0.2, 0.25) is 0 Å². The number of amides is 2. The van der Waals surface area contributed by atoms with Crippen LogP contribution in [0.5, 0.6) is 5.75 Å². The van der Waals surface area contributed by atoms with Crippen molar-refractivity contribution in [3.05, 3.63) is 70.3 Å². The molecule has 0 saturated carbocycles. The summed E-state index contributed by atoms with van der Waals surface area (Å²) < 4.78 is 10.7. The van der Waals surface area contributed by atoms with Crippen molar-refractivity contribution in [2.75, 3.05) is 13.2 Å². The molecule has 0 aliphatic heterocycles. The number of rotatable bonds is 12. The van der Waals surface area contributed by atoms with Gasteiger partial charge in [-0.2, -0.15) is 0 Å². The molecule has 9 nitrogen and oxygen atoms in total. The Labute approximate surface area is 191 Å². The summed E-state index contributed by atoms with van der Waals surface area (Å²) in [6, 6.07) is 15.2. The van der Waals surface area contributed by atoms with E-state index in [2.05, 4.69) is 10.6 Å². The zero-order valence-electron chi connectivity index (χ0n) is 18.0. The van der Waals surface area contributed by atoms with Crippen molar-refractivity contribution in [1.82, 2.24) is 10.6 Å². The number of benzene rings is 2. The smallest absolute Gasteiger partial charge is 0.408 e. The Morgan fingerprint density at radius 2 is 1.88 bits per heavy atom. The summed E-state index contributed by atoms with van der Waals surface area (Å²) in [5.74, 6) is 0.0531. The van der Waals surface area contributed by atoms with Gasteiger partial charge in [-0.1, -0.05) is 50.2 Å². The van der Waals surface area contributed by atoms with Crippen LogP contribution in [0.3, 0.4) is 0 Å². The molecule has 0 bridgehead atoms. The molecule has 0 saturated heterocycles. The number of nitrogens with one attached hydrogen (secondary N) is 2. The fourth-order valence-electron chi connectivity index (χ4n) is 2.56. The van der Waals surface area contributed by atoms with Crippen LogP contribution in [-0.4, -0.2) is 40.7 Å². The number of thioether (sulfide) groups is 1. The van der Waals surface area contributed by atoms with Gasteiger partial charge in [0.2, 0.25) is 0 Å². The van der Waals surface area contributed by atoms with Crippen molar-refractivity contribution in [2.24, 2.45) is 0 Å². The van der Waals surface area contributed by atoms with Crippen LogP contribution in [0.25, 0.3) is 0 Å². The van der Waals surface area contributed by atoms with Gasteiger partial charge in [0, 0.05) is 17.9 Å². The van der Waals surface area contributed by atoms with E-state index in [1.54, 1.807) is 12.1 Å². The molecular formula is C22H27N3O6S. The predicted octanol–water partition coefficient (Wildman–Crippen LogP) is 3.87. The van der Waals surface area contributed by atoms with Crippen molar-refractivity contribution < 1.29 is 24.0 Å². The number of non-ortho nitro benzene ring substituents is 1. The van der Waals surface area contributed by atoms with Gasteiger partial charge < -0.3 is 20.1 Å². The van der Waals surface area contributed by atoms with Gasteiger partial charge in [-0.15, -0.1) is 11.8 Å². The van der Waals surface area contributed by atoms with Crippen molar-refractivity contribution in [2.45, 2.75) is 37.5 Å². The topological polar surface area (TPSA) is 120 Å². The molecule has 2 rings (SSSR count). The molecule has 0 radical (unpaired) electrons. The number of carbonyl (C=O) groups excluding carboxylic acids is 2. The lowest BCUT2D eigenvalue weighted by molar-refractivity contribution is -0.384. The minimum Gasteiger partial charge on any atom is -0.493 e. The quantitative estimate of drug-likeness (QED) is 0.213. The van der Waals surface area contributed by atoms with Crippen LogP contribution >= 0.6 is 11.8 Å². The standard InChI is InChI=1S/C22H27N3O6S/c1-16(2)32-21(24-22(27)31-15-17-8-4-3-5-9-17)20(26)23-12-7-13-30-19-11-6-10-18(14-19)25(28)29/h3-6,8-11,14,16,21H,7,12-13,15H2,1-2H3,(H,23,26)(H,24,27). The Bertz CT molecular complexity index is 894. The average Bonchev–Trinajstić information content (AvgIpc) is 2.77. The Morgan fingerprint density at radius 1 is 1.12 bits per heavy atom. The van der Waals surface area contributed by atoms with E-state index in [4.69, 9.17) is 9.47 Å². The molecule has 172 valence electrons. The predicted molar refractivity (Wildman–Crippen MR) is 122 cm³/mol. The van der Waals surface area contributed by atoms with Gasteiger partial charge in [-0.05, 0) is 18.1 Å². The maximum atomic E-state index is 12.5. The first-order valence-electron chi connectivity index (χ1n) is 10.1. The Morgan fingerprint density at radius 3 is 2.56 bits per heavy atom. The number of carbonyl (C=O) groups is 2. The van der Waals surface area contributed by atoms with E-state index in [9.17, 15) is 19.7 Å². The third-order valence-electron chi connectivity index (χ3n) is 4.03. The van der Waals surface area contributed by atoms with E-state index < -0.39 is 16.4 Å². The lowest BCUT2D eigenvalue weighted by Crippen LogP contribution is -2.45. The second kappa shape index (κ2) is 13.2. The first kappa shape index (κ1) is 25.0. The van der Waals surface area contributed by atoms with Crippen LogP contribution in [0.4, 0.5) is 10.5 Å². The lowest BCUT2D eigenvalue weighted by atomic mass is 10.2. The van der Waals surface area contributed by atoms with Crippen LogP contribution in [0.15, 0.2) is 54.6 Å². The van der Waals surface area contributed by atoms with Crippen molar-refractivity contribution in [1.29, 1.82) is 0 Å². The Hall–Kier alpha value is -3.27.